The molecule has 2 aliphatic carbocycles. The lowest BCUT2D eigenvalue weighted by atomic mass is 9.53. The molecule has 4 aliphatic heterocycles. The van der Waals surface area contributed by atoms with Crippen molar-refractivity contribution in [1.29, 1.82) is 0 Å². The van der Waals surface area contributed by atoms with Gasteiger partial charge in [-0.3, -0.25) is 4.79 Å². The normalized spacial score (nSPS) is 27.7. The maximum atomic E-state index is 14.4. The first-order valence-electron chi connectivity index (χ1n) is 24.9. The number of carbonyl (C=O) groups is 5. The SMILES string of the molecule is CN1CC[C@]23c4c5ccc(OC(=O)C(C)(C)C)c4O[C@H]2[C@@H](O[C@@H]2O[C@H](c4nc6n(n4)CCC(O)N6)[C@@H](OC(=O)c4ccccc4)[C@H](OC(=O)c4ccccc4)[C@H]2OC(=O)c2ccccc2)C=C[C@H]3[C@H]1C5.O=C(O)C(F)(F)F. The van der Waals surface area contributed by atoms with Crippen LogP contribution in [0.4, 0.5) is 19.1 Å². The molecule has 2 saturated heterocycles. The molecule has 77 heavy (non-hydrogen) atoms. The van der Waals surface area contributed by atoms with Crippen LogP contribution < -0.4 is 14.8 Å². The number of aliphatic hydroxyl groups excluding tert-OH is 1. The Morgan fingerprint density at radius 3 is 1.92 bits per heavy atom. The Kier molecular flexibility index (Phi) is 14.2. The number of benzene rings is 4. The van der Waals surface area contributed by atoms with Gasteiger partial charge in [-0.05, 0) is 95.2 Å². The van der Waals surface area contributed by atoms with Crippen molar-refractivity contribution in [2.75, 3.05) is 18.9 Å². The van der Waals surface area contributed by atoms with Crippen molar-refractivity contribution in [2.45, 2.75) is 113 Å². The monoisotopic (exact) mass is 1070 g/mol. The van der Waals surface area contributed by atoms with E-state index in [0.29, 0.717) is 30.9 Å². The molecule has 404 valence electrons. The number of aromatic nitrogens is 3. The molecule has 0 amide bonds. The topological polar surface area (TPSA) is 236 Å². The lowest BCUT2D eigenvalue weighted by Crippen LogP contribution is -2.66. The predicted octanol–water partition coefficient (Wildman–Crippen LogP) is 6.60. The van der Waals surface area contributed by atoms with Crippen LogP contribution >= 0.6 is 0 Å². The van der Waals surface area contributed by atoms with Gasteiger partial charge in [0.1, 0.15) is 18.4 Å². The van der Waals surface area contributed by atoms with Gasteiger partial charge in [-0.2, -0.15) is 23.3 Å². The number of rotatable bonds is 10. The summed E-state index contributed by atoms with van der Waals surface area (Å²) < 4.78 is 79.8. The predicted molar refractivity (Wildman–Crippen MR) is 262 cm³/mol. The number of carbonyl (C=O) groups excluding carboxylic acids is 4. The standard InChI is InChI=1S/C53H53N5O12.C2HF3O2/c1-52(2,3)50(63)65-35-22-20-32-28-34-33-21-23-36(44-53(33,25-27-57(34)4)38(32)39(35)66-44)64-49-43(69-48(62)31-18-12-7-13-19-31)41(68-47(61)30-16-10-6-11-17-30)40(67-46(60)29-14-8-5-9-15-29)42(70-49)45-55-51-54-37(59)24-26-58(51)56-45;3-2(4,5)1(6)7/h5-23,33-34,36-37,40-44,49,59H,24-28H2,1-4H3,(H,54,55,56);(H,6,7)/t33-,34+,36-,37?,40-,41-,42-,43+,44-,49+,53-;/m0./s1. The lowest BCUT2D eigenvalue weighted by Gasteiger charge is -2.57. The van der Waals surface area contributed by atoms with Gasteiger partial charge >= 0.3 is 36.0 Å². The molecule has 3 N–H and O–H groups in total. The lowest BCUT2D eigenvalue weighted by molar-refractivity contribution is -0.311. The molecule has 19 nitrogen and oxygen atoms in total. The molecule has 1 unspecified atom stereocenters. The Morgan fingerprint density at radius 1 is 0.779 bits per heavy atom. The highest BCUT2D eigenvalue weighted by Gasteiger charge is 2.66. The smallest absolute Gasteiger partial charge is 0.482 e. The third-order valence-electron chi connectivity index (χ3n) is 14.6. The van der Waals surface area contributed by atoms with Crippen LogP contribution in [-0.2, 0) is 51.7 Å². The number of carboxylic acid groups (broad SMARTS) is 1. The van der Waals surface area contributed by atoms with E-state index in [9.17, 15) is 37.5 Å². The number of likely N-dealkylation sites (tertiary alicyclic amines) is 1. The number of hydrogen-bond acceptors (Lipinski definition) is 17. The number of carboxylic acids is 1. The molecule has 0 radical (unpaired) electrons. The highest BCUT2D eigenvalue weighted by atomic mass is 19.4. The molecule has 22 heteroatoms. The van der Waals surface area contributed by atoms with E-state index in [0.717, 1.165) is 24.1 Å². The van der Waals surface area contributed by atoms with E-state index in [4.69, 9.17) is 53.1 Å². The average Bonchev–Trinajstić information content (AvgIpc) is 4.20. The molecule has 0 saturated carbocycles. The van der Waals surface area contributed by atoms with Crippen LogP contribution in [0.1, 0.15) is 87.7 Å². The van der Waals surface area contributed by atoms with Crippen molar-refractivity contribution in [1.82, 2.24) is 19.7 Å². The van der Waals surface area contributed by atoms with Crippen molar-refractivity contribution >= 4 is 35.8 Å². The van der Waals surface area contributed by atoms with E-state index in [1.54, 1.807) is 123 Å². The number of hydrogen-bond donors (Lipinski definition) is 3. The number of nitrogens with one attached hydrogen (secondary N) is 1. The molecular weight excluding hydrogens is 1010 g/mol. The quantitative estimate of drug-likeness (QED) is 0.0578. The molecule has 5 heterocycles. The largest absolute Gasteiger partial charge is 0.490 e. The zero-order valence-electron chi connectivity index (χ0n) is 42.0. The summed E-state index contributed by atoms with van der Waals surface area (Å²) >= 11 is 0. The van der Waals surface area contributed by atoms with Crippen LogP contribution in [0, 0.1) is 11.3 Å². The minimum Gasteiger partial charge on any atom is -0.482 e. The van der Waals surface area contributed by atoms with E-state index in [1.807, 2.05) is 12.1 Å². The molecular formula is C55H54F3N5O14. The van der Waals surface area contributed by atoms with Crippen LogP contribution in [0.25, 0.3) is 0 Å². The Morgan fingerprint density at radius 2 is 1.35 bits per heavy atom. The van der Waals surface area contributed by atoms with Crippen LogP contribution in [0.5, 0.6) is 11.5 Å². The van der Waals surface area contributed by atoms with Crippen molar-refractivity contribution in [3.8, 4) is 11.5 Å². The Bertz CT molecular complexity index is 3080. The second-order valence-corrected chi connectivity index (χ2v) is 20.6. The Hall–Kier alpha value is -7.66. The zero-order valence-corrected chi connectivity index (χ0v) is 42.0. The fourth-order valence-electron chi connectivity index (χ4n) is 10.8. The van der Waals surface area contributed by atoms with E-state index >= 15 is 0 Å². The second-order valence-electron chi connectivity index (χ2n) is 20.6. The summed E-state index contributed by atoms with van der Waals surface area (Å²) in [4.78, 5) is 72.4. The maximum absolute atomic E-state index is 14.4. The number of aryl methyl sites for hydroxylation is 1. The van der Waals surface area contributed by atoms with Gasteiger partial charge in [0, 0.05) is 35.9 Å². The molecule has 4 aromatic carbocycles. The number of anilines is 1. The van der Waals surface area contributed by atoms with E-state index in [2.05, 4.69) is 23.3 Å². The minimum absolute atomic E-state index is 0.00686. The van der Waals surface area contributed by atoms with Crippen molar-refractivity contribution in [3.05, 3.63) is 149 Å². The number of aliphatic hydroxyl groups is 1. The summed E-state index contributed by atoms with van der Waals surface area (Å²) in [6.45, 7) is 6.42. The average molecular weight is 1070 g/mol. The number of aliphatic carboxylic acids is 1. The molecule has 1 aromatic heterocycles. The van der Waals surface area contributed by atoms with Gasteiger partial charge in [0.05, 0.1) is 22.1 Å². The number of fused-ring (bicyclic) bond motifs is 1. The molecule has 1 spiro atoms. The highest BCUT2D eigenvalue weighted by Crippen LogP contribution is 2.63. The summed E-state index contributed by atoms with van der Waals surface area (Å²) in [5.74, 6) is -4.58. The molecule has 11 atom stereocenters. The Labute approximate surface area is 438 Å². The van der Waals surface area contributed by atoms with Gasteiger partial charge in [-0.1, -0.05) is 72.8 Å². The van der Waals surface area contributed by atoms with E-state index in [-0.39, 0.29) is 40.4 Å². The summed E-state index contributed by atoms with van der Waals surface area (Å²) in [7, 11) is 2.13. The van der Waals surface area contributed by atoms with Crippen molar-refractivity contribution < 1.29 is 80.5 Å². The number of likely N-dealkylation sites (N-methyl/N-ethyl adjacent to an activating group) is 1. The minimum atomic E-state index is -5.08. The number of alkyl halides is 3. The number of piperidine rings is 1. The summed E-state index contributed by atoms with van der Waals surface area (Å²) in [5, 5.41) is 25.4. The third kappa shape index (κ3) is 10.2. The third-order valence-corrected chi connectivity index (χ3v) is 14.6. The number of esters is 4. The Balaban J connectivity index is 0.000000900. The molecule has 2 bridgehead atoms. The van der Waals surface area contributed by atoms with E-state index in [1.165, 1.54) is 0 Å². The highest BCUT2D eigenvalue weighted by molar-refractivity contribution is 5.91. The van der Waals surface area contributed by atoms with Gasteiger partial charge in [0.25, 0.3) is 0 Å². The van der Waals surface area contributed by atoms with Crippen molar-refractivity contribution in [3.63, 3.8) is 0 Å². The summed E-state index contributed by atoms with van der Waals surface area (Å²) in [5.41, 5.74) is 1.16. The zero-order chi connectivity index (χ0) is 54.6. The van der Waals surface area contributed by atoms with E-state index < -0.39 is 96.0 Å². The summed E-state index contributed by atoms with van der Waals surface area (Å²) in [6, 6.07) is 28.8. The second kappa shape index (κ2) is 20.7. The van der Waals surface area contributed by atoms with Crippen LogP contribution in [-0.4, -0.2) is 129 Å². The fourth-order valence-corrected chi connectivity index (χ4v) is 10.8. The summed E-state index contributed by atoms with van der Waals surface area (Å²) in [6.07, 6.45) is -9.57. The van der Waals surface area contributed by atoms with Gasteiger partial charge in [-0.25, -0.2) is 23.9 Å². The first-order valence-corrected chi connectivity index (χ1v) is 24.9. The number of halogens is 3. The van der Waals surface area contributed by atoms with Crippen LogP contribution in [0.3, 0.4) is 0 Å². The van der Waals surface area contributed by atoms with Crippen molar-refractivity contribution in [2.24, 2.45) is 11.3 Å². The molecule has 2 fully saturated rings. The van der Waals surface area contributed by atoms with Gasteiger partial charge in [-0.15, -0.1) is 0 Å². The molecule has 11 rings (SSSR count). The van der Waals surface area contributed by atoms with Gasteiger partial charge in [0.2, 0.25) is 12.2 Å². The van der Waals surface area contributed by atoms with Crippen LogP contribution in [0.2, 0.25) is 0 Å². The molecule has 5 aromatic rings. The first-order chi connectivity index (χ1) is 36.7. The van der Waals surface area contributed by atoms with Gasteiger partial charge < -0.3 is 53.6 Å². The molecule has 6 aliphatic rings. The van der Waals surface area contributed by atoms with Crippen LogP contribution in [0.15, 0.2) is 115 Å². The number of nitrogens with zero attached hydrogens (tertiary/aromatic N) is 4. The maximum Gasteiger partial charge on any atom is 0.490 e. The van der Waals surface area contributed by atoms with Gasteiger partial charge in [0.15, 0.2) is 41.7 Å². The fraction of sp³-hybridized carbons (Fsp3) is 0.400. The first kappa shape index (κ1) is 52.8. The number of ether oxygens (including phenoxy) is 7.